The van der Waals surface area contributed by atoms with Crippen molar-refractivity contribution in [3.8, 4) is 0 Å². The minimum absolute atomic E-state index is 0.0623. The van der Waals surface area contributed by atoms with Crippen molar-refractivity contribution in [1.29, 1.82) is 0 Å². The highest BCUT2D eigenvalue weighted by atomic mass is 16.2. The highest BCUT2D eigenvalue weighted by Crippen LogP contribution is 2.21. The number of rotatable bonds is 0. The molecule has 0 saturated heterocycles. The molecule has 1 aromatic carbocycles. The molecule has 1 heterocycles. The standard InChI is InChI=1S/C14H18N2O/c1-11-6-5-9-16(2)14(17)12-7-3-4-8-13(12)15-10-11/h3-4,7-8,10-11H,5-6,9H2,1-2H3. The molecule has 1 aliphatic rings. The number of hydrogen-bond donors (Lipinski definition) is 0. The lowest BCUT2D eigenvalue weighted by molar-refractivity contribution is 0.0792. The summed E-state index contributed by atoms with van der Waals surface area (Å²) in [6.07, 6.45) is 4.05. The van der Waals surface area contributed by atoms with Gasteiger partial charge < -0.3 is 4.90 Å². The molecule has 0 fully saturated rings. The van der Waals surface area contributed by atoms with E-state index in [0.29, 0.717) is 11.5 Å². The van der Waals surface area contributed by atoms with E-state index in [9.17, 15) is 4.79 Å². The highest BCUT2D eigenvalue weighted by Gasteiger charge is 2.16. The van der Waals surface area contributed by atoms with Crippen LogP contribution >= 0.6 is 0 Å². The van der Waals surface area contributed by atoms with Crippen LogP contribution in [-0.4, -0.2) is 30.6 Å². The summed E-state index contributed by atoms with van der Waals surface area (Å²) in [5, 5.41) is 0. The molecule has 0 bridgehead atoms. The topological polar surface area (TPSA) is 32.7 Å². The van der Waals surface area contributed by atoms with Gasteiger partial charge in [0.2, 0.25) is 0 Å². The van der Waals surface area contributed by atoms with Gasteiger partial charge in [-0.25, -0.2) is 0 Å². The monoisotopic (exact) mass is 230 g/mol. The third-order valence-electron chi connectivity index (χ3n) is 3.10. The summed E-state index contributed by atoms with van der Waals surface area (Å²) in [6, 6.07) is 7.54. The van der Waals surface area contributed by atoms with Crippen molar-refractivity contribution in [1.82, 2.24) is 4.90 Å². The zero-order chi connectivity index (χ0) is 12.3. The molecule has 1 aliphatic heterocycles. The molecule has 1 unspecified atom stereocenters. The van der Waals surface area contributed by atoms with Crippen LogP contribution in [0.2, 0.25) is 0 Å². The molecule has 3 nitrogen and oxygen atoms in total. The van der Waals surface area contributed by atoms with Crippen molar-refractivity contribution < 1.29 is 4.79 Å². The van der Waals surface area contributed by atoms with Gasteiger partial charge in [0.15, 0.2) is 0 Å². The van der Waals surface area contributed by atoms with Crippen molar-refractivity contribution in [2.75, 3.05) is 13.6 Å². The smallest absolute Gasteiger partial charge is 0.255 e. The van der Waals surface area contributed by atoms with Gasteiger partial charge in [-0.05, 0) is 30.9 Å². The summed E-state index contributed by atoms with van der Waals surface area (Å²) >= 11 is 0. The van der Waals surface area contributed by atoms with E-state index in [2.05, 4.69) is 11.9 Å². The van der Waals surface area contributed by atoms with Crippen molar-refractivity contribution in [3.63, 3.8) is 0 Å². The Morgan fingerprint density at radius 1 is 1.35 bits per heavy atom. The average molecular weight is 230 g/mol. The van der Waals surface area contributed by atoms with E-state index < -0.39 is 0 Å². The summed E-state index contributed by atoms with van der Waals surface area (Å²) in [7, 11) is 1.86. The van der Waals surface area contributed by atoms with Gasteiger partial charge in [-0.2, -0.15) is 0 Å². The maximum atomic E-state index is 12.2. The normalized spacial score (nSPS) is 21.2. The Labute approximate surface area is 102 Å². The van der Waals surface area contributed by atoms with E-state index in [-0.39, 0.29) is 5.91 Å². The number of benzene rings is 1. The predicted octanol–water partition coefficient (Wildman–Crippen LogP) is 2.89. The first-order valence-electron chi connectivity index (χ1n) is 6.07. The van der Waals surface area contributed by atoms with Gasteiger partial charge in [0.05, 0.1) is 11.3 Å². The Bertz CT molecular complexity index is 440. The quantitative estimate of drug-likeness (QED) is 0.674. The number of nitrogens with zero attached hydrogens (tertiary/aromatic N) is 2. The summed E-state index contributed by atoms with van der Waals surface area (Å²) in [4.78, 5) is 18.4. The summed E-state index contributed by atoms with van der Waals surface area (Å²) < 4.78 is 0. The van der Waals surface area contributed by atoms with Crippen LogP contribution in [0.1, 0.15) is 30.1 Å². The molecule has 0 saturated carbocycles. The Hall–Kier alpha value is -1.64. The first kappa shape index (κ1) is 11.8. The molecule has 1 atom stereocenters. The molecule has 0 aliphatic carbocycles. The lowest BCUT2D eigenvalue weighted by Crippen LogP contribution is -2.28. The number of carbonyl (C=O) groups excluding carboxylic acids is 1. The second-order valence-corrected chi connectivity index (χ2v) is 4.64. The molecule has 1 aromatic rings. The van der Waals surface area contributed by atoms with Gasteiger partial charge >= 0.3 is 0 Å². The molecule has 1 amide bonds. The van der Waals surface area contributed by atoms with Crippen LogP contribution in [0.4, 0.5) is 5.69 Å². The summed E-state index contributed by atoms with van der Waals surface area (Å²) in [6.45, 7) is 2.97. The molecular weight excluding hydrogens is 212 g/mol. The van der Waals surface area contributed by atoms with Crippen LogP contribution < -0.4 is 0 Å². The van der Waals surface area contributed by atoms with E-state index in [1.54, 1.807) is 4.90 Å². The fourth-order valence-corrected chi connectivity index (χ4v) is 2.01. The van der Waals surface area contributed by atoms with E-state index in [0.717, 1.165) is 25.1 Å². The minimum Gasteiger partial charge on any atom is -0.342 e. The van der Waals surface area contributed by atoms with Crippen molar-refractivity contribution >= 4 is 17.8 Å². The molecule has 3 heteroatoms. The van der Waals surface area contributed by atoms with Crippen LogP contribution in [0.3, 0.4) is 0 Å². The van der Waals surface area contributed by atoms with Crippen LogP contribution in [0.25, 0.3) is 0 Å². The Morgan fingerprint density at radius 3 is 2.94 bits per heavy atom. The molecule has 0 radical (unpaired) electrons. The summed E-state index contributed by atoms with van der Waals surface area (Å²) in [5.74, 6) is 0.525. The fourth-order valence-electron chi connectivity index (χ4n) is 2.01. The molecule has 0 N–H and O–H groups in total. The fraction of sp³-hybridized carbons (Fsp3) is 0.429. The highest BCUT2D eigenvalue weighted by molar-refractivity contribution is 5.99. The molecular formula is C14H18N2O. The van der Waals surface area contributed by atoms with Crippen molar-refractivity contribution in [2.24, 2.45) is 10.9 Å². The lowest BCUT2D eigenvalue weighted by atomic mass is 10.1. The zero-order valence-corrected chi connectivity index (χ0v) is 10.4. The Balaban J connectivity index is 2.41. The first-order chi connectivity index (χ1) is 8.18. The van der Waals surface area contributed by atoms with Crippen molar-refractivity contribution in [3.05, 3.63) is 29.8 Å². The first-order valence-corrected chi connectivity index (χ1v) is 6.07. The van der Waals surface area contributed by atoms with Crippen LogP contribution in [0, 0.1) is 5.92 Å². The van der Waals surface area contributed by atoms with Crippen LogP contribution in [0.5, 0.6) is 0 Å². The molecule has 17 heavy (non-hydrogen) atoms. The molecule has 0 aromatic heterocycles. The average Bonchev–Trinajstić information content (AvgIpc) is 2.35. The SMILES string of the molecule is CC1C=Nc2ccccc2C(=O)N(C)CCC1. The Kier molecular flexibility index (Phi) is 3.57. The number of fused-ring (bicyclic) bond motifs is 1. The summed E-state index contributed by atoms with van der Waals surface area (Å²) in [5.41, 5.74) is 1.47. The lowest BCUT2D eigenvalue weighted by Gasteiger charge is -2.20. The second kappa shape index (κ2) is 5.13. The van der Waals surface area contributed by atoms with E-state index >= 15 is 0 Å². The second-order valence-electron chi connectivity index (χ2n) is 4.64. The van der Waals surface area contributed by atoms with E-state index in [4.69, 9.17) is 0 Å². The number of hydrogen-bond acceptors (Lipinski definition) is 2. The number of carbonyl (C=O) groups is 1. The number of amides is 1. The molecule has 0 spiro atoms. The largest absolute Gasteiger partial charge is 0.342 e. The predicted molar refractivity (Wildman–Crippen MR) is 70.0 cm³/mol. The van der Waals surface area contributed by atoms with Gasteiger partial charge in [-0.1, -0.05) is 19.1 Å². The van der Waals surface area contributed by atoms with E-state index in [1.165, 1.54) is 0 Å². The van der Waals surface area contributed by atoms with Gasteiger partial charge in [-0.3, -0.25) is 9.79 Å². The third kappa shape index (κ3) is 2.73. The molecule has 90 valence electrons. The Morgan fingerprint density at radius 2 is 2.12 bits per heavy atom. The maximum absolute atomic E-state index is 12.2. The van der Waals surface area contributed by atoms with Gasteiger partial charge in [0.25, 0.3) is 5.91 Å². The maximum Gasteiger partial charge on any atom is 0.255 e. The van der Waals surface area contributed by atoms with E-state index in [1.807, 2.05) is 37.5 Å². The minimum atomic E-state index is 0.0623. The zero-order valence-electron chi connectivity index (χ0n) is 10.4. The third-order valence-corrected chi connectivity index (χ3v) is 3.10. The number of aliphatic imine (C=N–C) groups is 1. The van der Waals surface area contributed by atoms with Crippen molar-refractivity contribution in [2.45, 2.75) is 19.8 Å². The van der Waals surface area contributed by atoms with Gasteiger partial charge in [0.1, 0.15) is 0 Å². The van der Waals surface area contributed by atoms with Gasteiger partial charge in [0, 0.05) is 19.8 Å². The number of para-hydroxylation sites is 1. The molecule has 2 rings (SSSR count). The van der Waals surface area contributed by atoms with Gasteiger partial charge in [-0.15, -0.1) is 0 Å². The van der Waals surface area contributed by atoms with Crippen LogP contribution in [0.15, 0.2) is 29.3 Å². The van der Waals surface area contributed by atoms with Crippen LogP contribution in [-0.2, 0) is 0 Å².